The smallest absolute Gasteiger partial charge is 0.303 e. The van der Waals surface area contributed by atoms with Gasteiger partial charge in [0.2, 0.25) is 0 Å². The molecule has 8 atom stereocenters. The number of hydrogen-bond acceptors (Lipinski definition) is 7. The molecule has 1 N–H and O–H groups in total. The van der Waals surface area contributed by atoms with Gasteiger partial charge in [-0.15, -0.1) is 5.16 Å². The van der Waals surface area contributed by atoms with Gasteiger partial charge >= 0.3 is 11.9 Å². The SMILES string of the molecule is CC(=O)OCC(=O)[C@H]1CC[C@H]2[C@@H]3CC[C@H]4C[C@@H](OC(C)=O)CC[C@]4(C=NO)[C@H]3CC[C@]12C. The third-order valence-corrected chi connectivity index (χ3v) is 9.62. The van der Waals surface area contributed by atoms with Crippen LogP contribution in [-0.2, 0) is 23.9 Å². The van der Waals surface area contributed by atoms with Crippen LogP contribution < -0.4 is 0 Å². The van der Waals surface area contributed by atoms with Crippen molar-refractivity contribution in [3.63, 3.8) is 0 Å². The Morgan fingerprint density at radius 1 is 1.00 bits per heavy atom. The molecule has 4 aliphatic carbocycles. The Morgan fingerprint density at radius 3 is 2.47 bits per heavy atom. The molecule has 7 heteroatoms. The van der Waals surface area contributed by atoms with Crippen LogP contribution in [0.4, 0.5) is 0 Å². The highest BCUT2D eigenvalue weighted by Crippen LogP contribution is 2.67. The normalized spacial score (nSPS) is 43.1. The van der Waals surface area contributed by atoms with Gasteiger partial charge < -0.3 is 14.7 Å². The Labute approximate surface area is 190 Å². The Morgan fingerprint density at radius 2 is 1.78 bits per heavy atom. The van der Waals surface area contributed by atoms with Crippen LogP contribution in [0.3, 0.4) is 0 Å². The number of ether oxygens (including phenoxy) is 2. The number of ketones is 1. The second kappa shape index (κ2) is 8.79. The number of esters is 2. The van der Waals surface area contributed by atoms with E-state index in [4.69, 9.17) is 9.47 Å². The zero-order chi connectivity index (χ0) is 23.1. The minimum atomic E-state index is -0.408. The number of hydrogen-bond donors (Lipinski definition) is 1. The van der Waals surface area contributed by atoms with Crippen molar-refractivity contribution < 1.29 is 29.1 Å². The lowest BCUT2D eigenvalue weighted by Crippen LogP contribution is -2.56. The van der Waals surface area contributed by atoms with E-state index < -0.39 is 5.97 Å². The molecule has 4 rings (SSSR count). The second-order valence-corrected chi connectivity index (χ2v) is 10.9. The maximum atomic E-state index is 12.9. The fraction of sp³-hybridized carbons (Fsp3) is 0.840. The fourth-order valence-corrected chi connectivity index (χ4v) is 8.41. The average molecular weight is 448 g/mol. The maximum Gasteiger partial charge on any atom is 0.303 e. The number of oxime groups is 1. The molecule has 0 unspecified atom stereocenters. The topological polar surface area (TPSA) is 102 Å². The number of rotatable bonds is 5. The first-order valence-electron chi connectivity index (χ1n) is 12.2. The highest BCUT2D eigenvalue weighted by atomic mass is 16.5. The van der Waals surface area contributed by atoms with Crippen molar-refractivity contribution in [2.75, 3.05) is 6.61 Å². The summed E-state index contributed by atoms with van der Waals surface area (Å²) in [5.74, 6) is 1.12. The summed E-state index contributed by atoms with van der Waals surface area (Å²) in [5.41, 5.74) is -0.215. The van der Waals surface area contributed by atoms with E-state index in [0.717, 1.165) is 57.8 Å². The minimum absolute atomic E-state index is 0.0436. The van der Waals surface area contributed by atoms with E-state index in [1.54, 1.807) is 6.21 Å². The molecule has 0 amide bonds. The molecule has 0 radical (unpaired) electrons. The van der Waals surface area contributed by atoms with Crippen LogP contribution in [0.25, 0.3) is 0 Å². The molecule has 32 heavy (non-hydrogen) atoms. The molecular formula is C25H37NO6. The Balaban J connectivity index is 1.54. The van der Waals surface area contributed by atoms with E-state index in [2.05, 4.69) is 12.1 Å². The van der Waals surface area contributed by atoms with Crippen molar-refractivity contribution in [2.24, 2.45) is 45.6 Å². The van der Waals surface area contributed by atoms with Crippen LogP contribution in [0.1, 0.15) is 78.6 Å². The summed E-state index contributed by atoms with van der Waals surface area (Å²) in [6.45, 7) is 4.97. The van der Waals surface area contributed by atoms with Crippen LogP contribution in [0.2, 0.25) is 0 Å². The predicted molar refractivity (Wildman–Crippen MR) is 117 cm³/mol. The molecule has 0 heterocycles. The van der Waals surface area contributed by atoms with Gasteiger partial charge in [-0.2, -0.15) is 0 Å². The van der Waals surface area contributed by atoms with E-state index in [0.29, 0.717) is 23.7 Å². The predicted octanol–water partition coefficient (Wildman–Crippen LogP) is 4.15. The maximum absolute atomic E-state index is 12.9. The molecule has 0 aromatic carbocycles. The highest BCUT2D eigenvalue weighted by molar-refractivity contribution is 5.85. The fourth-order valence-electron chi connectivity index (χ4n) is 8.41. The molecule has 4 fully saturated rings. The lowest BCUT2D eigenvalue weighted by Gasteiger charge is -2.60. The molecule has 0 aliphatic heterocycles. The third kappa shape index (κ3) is 3.86. The van der Waals surface area contributed by atoms with Gasteiger partial charge in [0.15, 0.2) is 5.78 Å². The summed E-state index contributed by atoms with van der Waals surface area (Å²) in [4.78, 5) is 35.6. The molecular weight excluding hydrogens is 410 g/mol. The summed E-state index contributed by atoms with van der Waals surface area (Å²) in [5, 5.41) is 13.2. The van der Waals surface area contributed by atoms with Crippen LogP contribution >= 0.6 is 0 Å². The van der Waals surface area contributed by atoms with Crippen molar-refractivity contribution in [1.29, 1.82) is 0 Å². The summed E-state index contributed by atoms with van der Waals surface area (Å²) >= 11 is 0. The van der Waals surface area contributed by atoms with E-state index in [1.807, 2.05) is 0 Å². The third-order valence-electron chi connectivity index (χ3n) is 9.62. The number of fused-ring (bicyclic) bond motifs is 5. The lowest BCUT2D eigenvalue weighted by molar-refractivity contribution is -0.156. The van der Waals surface area contributed by atoms with Crippen LogP contribution in [0, 0.1) is 40.4 Å². The molecule has 0 aromatic rings. The minimum Gasteiger partial charge on any atom is -0.463 e. The van der Waals surface area contributed by atoms with E-state index in [1.165, 1.54) is 13.8 Å². The molecule has 4 saturated carbocycles. The molecule has 0 saturated heterocycles. The standard InChI is InChI=1S/C25H37NO6/c1-15(27)31-13-23(29)22-7-6-20-19-5-4-17-12-18(32-16(2)28)8-11-25(17,14-26-30)21(19)9-10-24(20,22)3/h14,17-22,30H,4-13H2,1-3H3/t17-,18-,19-,20-,21-,22+,24-,25+/m0/s1. The van der Waals surface area contributed by atoms with E-state index in [-0.39, 0.29) is 41.2 Å². The summed E-state index contributed by atoms with van der Waals surface area (Å²) < 4.78 is 10.6. The molecule has 0 spiro atoms. The lowest BCUT2D eigenvalue weighted by atomic mass is 9.44. The number of Topliss-reactive ketones (excluding diaryl/α,β-unsaturated/α-hetero) is 1. The second-order valence-electron chi connectivity index (χ2n) is 10.9. The van der Waals surface area contributed by atoms with Gasteiger partial charge in [-0.1, -0.05) is 6.92 Å². The van der Waals surface area contributed by atoms with Crippen molar-refractivity contribution in [1.82, 2.24) is 0 Å². The first-order valence-corrected chi connectivity index (χ1v) is 12.2. The summed E-state index contributed by atoms with van der Waals surface area (Å²) in [6.07, 6.45) is 10.3. The highest BCUT2D eigenvalue weighted by Gasteiger charge is 2.62. The van der Waals surface area contributed by atoms with Gasteiger partial charge in [0.1, 0.15) is 12.7 Å². The first-order chi connectivity index (χ1) is 15.2. The quantitative estimate of drug-likeness (QED) is 0.294. The van der Waals surface area contributed by atoms with Gasteiger partial charge in [0.05, 0.1) is 6.21 Å². The van der Waals surface area contributed by atoms with E-state index >= 15 is 0 Å². The number of carbonyl (C=O) groups is 3. The Bertz CT molecular complexity index is 795. The van der Waals surface area contributed by atoms with Crippen LogP contribution in [-0.4, -0.2) is 41.9 Å². The zero-order valence-corrected chi connectivity index (χ0v) is 19.5. The molecule has 4 aliphatic rings. The zero-order valence-electron chi connectivity index (χ0n) is 19.5. The van der Waals surface area contributed by atoms with Gasteiger partial charge in [0, 0.05) is 25.2 Å². The summed E-state index contributed by atoms with van der Waals surface area (Å²) in [6, 6.07) is 0. The average Bonchev–Trinajstić information content (AvgIpc) is 3.09. The van der Waals surface area contributed by atoms with Gasteiger partial charge in [-0.25, -0.2) is 0 Å². The van der Waals surface area contributed by atoms with Gasteiger partial charge in [-0.05, 0) is 86.9 Å². The molecule has 178 valence electrons. The Kier molecular flexibility index (Phi) is 6.38. The van der Waals surface area contributed by atoms with Crippen molar-refractivity contribution in [3.05, 3.63) is 0 Å². The van der Waals surface area contributed by atoms with Gasteiger partial charge in [-0.3, -0.25) is 14.4 Å². The van der Waals surface area contributed by atoms with Crippen molar-refractivity contribution in [2.45, 2.75) is 84.7 Å². The molecule has 0 bridgehead atoms. The van der Waals surface area contributed by atoms with Crippen LogP contribution in [0.5, 0.6) is 0 Å². The summed E-state index contributed by atoms with van der Waals surface area (Å²) in [7, 11) is 0. The monoisotopic (exact) mass is 447 g/mol. The Hall–Kier alpha value is -1.92. The number of nitrogens with zero attached hydrogens (tertiary/aromatic N) is 1. The largest absolute Gasteiger partial charge is 0.463 e. The first kappa shape index (κ1) is 23.2. The number of carbonyl (C=O) groups excluding carboxylic acids is 3. The van der Waals surface area contributed by atoms with Crippen molar-refractivity contribution >= 4 is 23.9 Å². The van der Waals surface area contributed by atoms with Crippen LogP contribution in [0.15, 0.2) is 5.16 Å². The van der Waals surface area contributed by atoms with E-state index in [9.17, 15) is 19.6 Å². The van der Waals surface area contributed by atoms with Crippen molar-refractivity contribution in [3.8, 4) is 0 Å². The molecule has 7 nitrogen and oxygen atoms in total. The molecule has 0 aromatic heterocycles. The van der Waals surface area contributed by atoms with Gasteiger partial charge in [0.25, 0.3) is 0 Å².